The first-order valence-electron chi connectivity index (χ1n) is 5.60. The fourth-order valence-electron chi connectivity index (χ4n) is 1.26. The molecule has 0 aliphatic rings. The maximum atomic E-state index is 12.8. The van der Waals surface area contributed by atoms with Gasteiger partial charge in [-0.05, 0) is 26.2 Å². The van der Waals surface area contributed by atoms with Crippen LogP contribution in [0.15, 0.2) is 12.2 Å². The zero-order valence-corrected chi connectivity index (χ0v) is 9.92. The van der Waals surface area contributed by atoms with Crippen molar-refractivity contribution in [3.8, 4) is 0 Å². The molecule has 0 saturated carbocycles. The van der Waals surface area contributed by atoms with E-state index < -0.39 is 12.3 Å². The summed E-state index contributed by atoms with van der Waals surface area (Å²) in [5.74, 6) is -0.366. The molecule has 0 aliphatic heterocycles. The van der Waals surface area contributed by atoms with Crippen molar-refractivity contribution in [3.63, 3.8) is 0 Å². The second-order valence-corrected chi connectivity index (χ2v) is 3.76. The Labute approximate surface area is 95.7 Å². The first kappa shape index (κ1) is 15.1. The van der Waals surface area contributed by atoms with Gasteiger partial charge in [-0.2, -0.15) is 0 Å². The summed E-state index contributed by atoms with van der Waals surface area (Å²) >= 11 is 0. The van der Waals surface area contributed by atoms with Crippen molar-refractivity contribution in [2.24, 2.45) is 0 Å². The molecule has 0 fully saturated rings. The highest BCUT2D eigenvalue weighted by molar-refractivity contribution is 5.81. The molecule has 0 N–H and O–H groups in total. The van der Waals surface area contributed by atoms with Gasteiger partial charge in [-0.25, -0.2) is 13.6 Å². The number of rotatable bonds is 8. The molecular weight excluding hydrogens is 214 g/mol. The van der Waals surface area contributed by atoms with Gasteiger partial charge in [0, 0.05) is 6.08 Å². The number of allylic oxidation sites excluding steroid dienone is 1. The zero-order chi connectivity index (χ0) is 12.4. The summed E-state index contributed by atoms with van der Waals surface area (Å²) in [7, 11) is 1.33. The van der Waals surface area contributed by atoms with Crippen LogP contribution >= 0.6 is 0 Å². The largest absolute Gasteiger partial charge is 0.466 e. The van der Waals surface area contributed by atoms with Gasteiger partial charge >= 0.3 is 5.97 Å². The van der Waals surface area contributed by atoms with Crippen molar-refractivity contribution in [1.29, 1.82) is 0 Å². The third kappa shape index (κ3) is 8.38. The molecule has 0 aromatic carbocycles. The fourth-order valence-corrected chi connectivity index (χ4v) is 1.26. The van der Waals surface area contributed by atoms with Crippen molar-refractivity contribution < 1.29 is 18.3 Å². The predicted octanol–water partition coefficient (Wildman–Crippen LogP) is 3.36. The molecule has 0 rings (SSSR count). The van der Waals surface area contributed by atoms with Gasteiger partial charge in [-0.3, -0.25) is 0 Å². The van der Waals surface area contributed by atoms with Gasteiger partial charge in [0.25, 0.3) is 0 Å². The van der Waals surface area contributed by atoms with E-state index in [0.717, 1.165) is 19.3 Å². The summed E-state index contributed by atoms with van der Waals surface area (Å²) in [5, 5.41) is 0. The van der Waals surface area contributed by atoms with Gasteiger partial charge in [-0.1, -0.05) is 18.9 Å². The lowest BCUT2D eigenvalue weighted by atomic mass is 10.1. The van der Waals surface area contributed by atoms with Crippen molar-refractivity contribution in [1.82, 2.24) is 0 Å². The van der Waals surface area contributed by atoms with Crippen molar-refractivity contribution in [2.45, 2.75) is 51.4 Å². The Morgan fingerprint density at radius 3 is 2.56 bits per heavy atom. The molecule has 94 valence electrons. The lowest BCUT2D eigenvalue weighted by molar-refractivity contribution is -0.134. The summed E-state index contributed by atoms with van der Waals surface area (Å²) in [6.45, 7) is 1.24. The van der Waals surface area contributed by atoms with E-state index in [1.54, 1.807) is 6.08 Å². The molecule has 0 saturated heterocycles. The number of carbonyl (C=O) groups is 1. The SMILES string of the molecule is COC(=O)C=CCCCCCC(F)C(C)F. The highest BCUT2D eigenvalue weighted by Crippen LogP contribution is 2.13. The van der Waals surface area contributed by atoms with Crippen LogP contribution in [0.3, 0.4) is 0 Å². The van der Waals surface area contributed by atoms with E-state index in [-0.39, 0.29) is 12.4 Å². The Balaban J connectivity index is 3.34. The Morgan fingerprint density at radius 1 is 1.31 bits per heavy atom. The third-order valence-electron chi connectivity index (χ3n) is 2.30. The summed E-state index contributed by atoms with van der Waals surface area (Å²) in [5.41, 5.74) is 0. The molecule has 2 unspecified atom stereocenters. The van der Waals surface area contributed by atoms with Crippen LogP contribution in [0.1, 0.15) is 39.0 Å². The summed E-state index contributed by atoms with van der Waals surface area (Å²) < 4.78 is 29.6. The number of hydrogen-bond acceptors (Lipinski definition) is 2. The van der Waals surface area contributed by atoms with Gasteiger partial charge < -0.3 is 4.74 Å². The van der Waals surface area contributed by atoms with Crippen molar-refractivity contribution >= 4 is 5.97 Å². The van der Waals surface area contributed by atoms with E-state index in [9.17, 15) is 13.6 Å². The van der Waals surface area contributed by atoms with Gasteiger partial charge in [-0.15, -0.1) is 0 Å². The summed E-state index contributed by atoms with van der Waals surface area (Å²) in [6.07, 6.45) is 3.83. The van der Waals surface area contributed by atoms with Crippen LogP contribution in [0, 0.1) is 0 Å². The number of unbranched alkanes of at least 4 members (excludes halogenated alkanes) is 3. The molecule has 0 radical (unpaired) electrons. The number of hydrogen-bond donors (Lipinski definition) is 0. The van der Waals surface area contributed by atoms with E-state index in [1.807, 2.05) is 0 Å². The number of halogens is 2. The molecule has 16 heavy (non-hydrogen) atoms. The average molecular weight is 234 g/mol. The Morgan fingerprint density at radius 2 is 2.00 bits per heavy atom. The topological polar surface area (TPSA) is 26.3 Å². The van der Waals surface area contributed by atoms with E-state index in [4.69, 9.17) is 0 Å². The number of alkyl halides is 2. The van der Waals surface area contributed by atoms with E-state index in [1.165, 1.54) is 20.1 Å². The molecule has 2 nitrogen and oxygen atoms in total. The molecular formula is C12H20F2O2. The minimum absolute atomic E-state index is 0.276. The maximum absolute atomic E-state index is 12.8. The first-order chi connectivity index (χ1) is 7.57. The molecule has 0 spiro atoms. The Kier molecular flexibility index (Phi) is 8.77. The fraction of sp³-hybridized carbons (Fsp3) is 0.750. The maximum Gasteiger partial charge on any atom is 0.330 e. The van der Waals surface area contributed by atoms with Crippen LogP contribution in [0.5, 0.6) is 0 Å². The van der Waals surface area contributed by atoms with Crippen LogP contribution in [-0.2, 0) is 9.53 Å². The number of carbonyl (C=O) groups excluding carboxylic acids is 1. The lowest BCUT2D eigenvalue weighted by Crippen LogP contribution is -2.12. The molecule has 0 heterocycles. The number of esters is 1. The second kappa shape index (κ2) is 9.31. The average Bonchev–Trinajstić information content (AvgIpc) is 2.26. The number of methoxy groups -OCH3 is 1. The standard InChI is InChI=1S/C12H20F2O2/c1-10(13)11(14)8-6-4-3-5-7-9-12(15)16-2/h7,9-11H,3-6,8H2,1-2H3. The van der Waals surface area contributed by atoms with Crippen LogP contribution in [0.2, 0.25) is 0 Å². The van der Waals surface area contributed by atoms with Crippen molar-refractivity contribution in [3.05, 3.63) is 12.2 Å². The predicted molar refractivity (Wildman–Crippen MR) is 59.7 cm³/mol. The van der Waals surface area contributed by atoms with Gasteiger partial charge in [0.2, 0.25) is 0 Å². The van der Waals surface area contributed by atoms with Gasteiger partial charge in [0.05, 0.1) is 7.11 Å². The third-order valence-corrected chi connectivity index (χ3v) is 2.30. The molecule has 0 aromatic heterocycles. The summed E-state index contributed by atoms with van der Waals surface area (Å²) in [4.78, 5) is 10.7. The van der Waals surface area contributed by atoms with Gasteiger partial charge in [0.1, 0.15) is 12.3 Å². The minimum Gasteiger partial charge on any atom is -0.466 e. The van der Waals surface area contributed by atoms with Crippen LogP contribution in [0.4, 0.5) is 8.78 Å². The molecule has 0 bridgehead atoms. The highest BCUT2D eigenvalue weighted by atomic mass is 19.2. The Hall–Kier alpha value is -0.930. The summed E-state index contributed by atoms with van der Waals surface area (Å²) in [6, 6.07) is 0. The Bertz CT molecular complexity index is 215. The smallest absolute Gasteiger partial charge is 0.330 e. The molecule has 2 atom stereocenters. The minimum atomic E-state index is -1.38. The van der Waals surface area contributed by atoms with Crippen LogP contribution < -0.4 is 0 Å². The molecule has 0 aromatic rings. The monoisotopic (exact) mass is 234 g/mol. The van der Waals surface area contributed by atoms with Crippen LogP contribution in [0.25, 0.3) is 0 Å². The zero-order valence-electron chi connectivity index (χ0n) is 9.92. The van der Waals surface area contributed by atoms with E-state index in [2.05, 4.69) is 4.74 Å². The molecule has 0 amide bonds. The lowest BCUT2D eigenvalue weighted by Gasteiger charge is -2.07. The molecule has 0 aliphatic carbocycles. The first-order valence-corrected chi connectivity index (χ1v) is 5.60. The quantitative estimate of drug-likeness (QED) is 0.365. The highest BCUT2D eigenvalue weighted by Gasteiger charge is 2.13. The normalized spacial score (nSPS) is 15.0. The van der Waals surface area contributed by atoms with Crippen LogP contribution in [-0.4, -0.2) is 25.4 Å². The van der Waals surface area contributed by atoms with Crippen molar-refractivity contribution in [2.75, 3.05) is 7.11 Å². The van der Waals surface area contributed by atoms with Gasteiger partial charge in [0.15, 0.2) is 0 Å². The number of ether oxygens (including phenoxy) is 1. The van der Waals surface area contributed by atoms with E-state index >= 15 is 0 Å². The second-order valence-electron chi connectivity index (χ2n) is 3.76. The molecule has 4 heteroatoms. The van der Waals surface area contributed by atoms with E-state index in [0.29, 0.717) is 6.42 Å².